The van der Waals surface area contributed by atoms with Crippen LogP contribution >= 0.6 is 0 Å². The average molecular weight is 252 g/mol. The molecule has 6 nitrogen and oxygen atoms in total. The molecule has 1 fully saturated rings. The molecule has 18 heavy (non-hydrogen) atoms. The molecule has 6 heteroatoms. The van der Waals surface area contributed by atoms with E-state index in [2.05, 4.69) is 10.5 Å². The Morgan fingerprint density at radius 2 is 2.22 bits per heavy atom. The lowest BCUT2D eigenvalue weighted by molar-refractivity contribution is -0.138. The summed E-state index contributed by atoms with van der Waals surface area (Å²) < 4.78 is 5.15. The minimum Gasteiger partial charge on any atom is -0.481 e. The summed E-state index contributed by atoms with van der Waals surface area (Å²) in [7, 11) is 0. The first kappa shape index (κ1) is 12.6. The molecule has 0 aliphatic heterocycles. The van der Waals surface area contributed by atoms with Crippen LogP contribution in [0.25, 0.3) is 0 Å². The Kier molecular flexibility index (Phi) is 3.96. The fourth-order valence-corrected chi connectivity index (χ4v) is 1.65. The summed E-state index contributed by atoms with van der Waals surface area (Å²) >= 11 is 0. The third-order valence-corrected chi connectivity index (χ3v) is 2.83. The van der Waals surface area contributed by atoms with Crippen LogP contribution in [0.4, 0.5) is 0 Å². The number of hydrogen-bond acceptors (Lipinski definition) is 4. The van der Waals surface area contributed by atoms with Gasteiger partial charge in [0.1, 0.15) is 5.76 Å². The zero-order valence-electron chi connectivity index (χ0n) is 10.0. The number of hydrogen-bond donors (Lipinski definition) is 2. The Morgan fingerprint density at radius 3 is 2.89 bits per heavy atom. The molecule has 1 aliphatic rings. The number of nitrogens with one attached hydrogen (secondary N) is 1. The molecule has 0 saturated heterocycles. The predicted molar refractivity (Wildman–Crippen MR) is 62.1 cm³/mol. The van der Waals surface area contributed by atoms with E-state index in [4.69, 9.17) is 9.63 Å². The Bertz CT molecular complexity index is 437. The summed E-state index contributed by atoms with van der Waals surface area (Å²) in [5.74, 6) is 0.108. The van der Waals surface area contributed by atoms with Crippen LogP contribution in [0.5, 0.6) is 0 Å². The summed E-state index contributed by atoms with van der Waals surface area (Å²) in [6, 6.07) is 1.93. The van der Waals surface area contributed by atoms with E-state index < -0.39 is 5.97 Å². The number of aromatic nitrogens is 1. The van der Waals surface area contributed by atoms with Crippen LogP contribution in [0.3, 0.4) is 0 Å². The van der Waals surface area contributed by atoms with E-state index >= 15 is 0 Å². The summed E-state index contributed by atoms with van der Waals surface area (Å²) in [6.07, 6.45) is 2.81. The maximum absolute atomic E-state index is 11.2. The smallest absolute Gasteiger partial charge is 0.303 e. The van der Waals surface area contributed by atoms with Crippen LogP contribution in [0, 0.1) is 0 Å². The van der Waals surface area contributed by atoms with Gasteiger partial charge in [0, 0.05) is 31.4 Å². The van der Waals surface area contributed by atoms with Crippen molar-refractivity contribution in [2.24, 2.45) is 0 Å². The zero-order chi connectivity index (χ0) is 13.0. The SMILES string of the molecule is O=C(O)CCC(=O)NCCc1cc(C2CC2)no1. The molecular weight excluding hydrogens is 236 g/mol. The van der Waals surface area contributed by atoms with Gasteiger partial charge in [-0.2, -0.15) is 0 Å². The fourth-order valence-electron chi connectivity index (χ4n) is 1.65. The van der Waals surface area contributed by atoms with E-state index in [9.17, 15) is 9.59 Å². The van der Waals surface area contributed by atoms with Gasteiger partial charge in [0.25, 0.3) is 0 Å². The normalized spacial score (nSPS) is 14.4. The first-order chi connectivity index (χ1) is 8.65. The number of rotatable bonds is 7. The molecule has 0 atom stereocenters. The summed E-state index contributed by atoms with van der Waals surface area (Å²) in [5, 5.41) is 15.0. The molecule has 1 aromatic rings. The van der Waals surface area contributed by atoms with Crippen molar-refractivity contribution in [1.82, 2.24) is 10.5 Å². The van der Waals surface area contributed by atoms with Crippen LogP contribution in [0.1, 0.15) is 43.1 Å². The Balaban J connectivity index is 1.64. The Labute approximate surface area is 104 Å². The van der Waals surface area contributed by atoms with E-state index in [1.807, 2.05) is 6.07 Å². The van der Waals surface area contributed by atoms with Crippen molar-refractivity contribution in [3.63, 3.8) is 0 Å². The Hall–Kier alpha value is -1.85. The van der Waals surface area contributed by atoms with Gasteiger partial charge in [-0.1, -0.05) is 5.16 Å². The number of carboxylic acid groups (broad SMARTS) is 1. The van der Waals surface area contributed by atoms with Crippen molar-refractivity contribution in [3.8, 4) is 0 Å². The molecule has 0 aromatic carbocycles. The number of amides is 1. The lowest BCUT2D eigenvalue weighted by Gasteiger charge is -2.01. The summed E-state index contributed by atoms with van der Waals surface area (Å²) in [5.41, 5.74) is 1.00. The van der Waals surface area contributed by atoms with Gasteiger partial charge in [-0.05, 0) is 12.8 Å². The monoisotopic (exact) mass is 252 g/mol. The second-order valence-corrected chi connectivity index (χ2v) is 4.49. The molecule has 2 rings (SSSR count). The van der Waals surface area contributed by atoms with E-state index in [0.29, 0.717) is 18.9 Å². The van der Waals surface area contributed by atoms with Crippen LogP contribution < -0.4 is 5.32 Å². The average Bonchev–Trinajstić information content (AvgIpc) is 3.07. The van der Waals surface area contributed by atoms with Crippen molar-refractivity contribution < 1.29 is 19.2 Å². The number of nitrogens with zero attached hydrogens (tertiary/aromatic N) is 1. The predicted octanol–water partition coefficient (Wildman–Crippen LogP) is 1.08. The molecular formula is C12H16N2O4. The molecule has 1 aromatic heterocycles. The highest BCUT2D eigenvalue weighted by molar-refractivity contribution is 5.80. The van der Waals surface area contributed by atoms with E-state index in [1.54, 1.807) is 0 Å². The highest BCUT2D eigenvalue weighted by Crippen LogP contribution is 2.39. The highest BCUT2D eigenvalue weighted by Gasteiger charge is 2.26. The highest BCUT2D eigenvalue weighted by atomic mass is 16.5. The second-order valence-electron chi connectivity index (χ2n) is 4.49. The minimum absolute atomic E-state index is 0.0130. The van der Waals surface area contributed by atoms with Crippen molar-refractivity contribution in [2.45, 2.75) is 38.0 Å². The number of carbonyl (C=O) groups is 2. The molecule has 0 spiro atoms. The largest absolute Gasteiger partial charge is 0.481 e. The zero-order valence-corrected chi connectivity index (χ0v) is 10.0. The Morgan fingerprint density at radius 1 is 1.44 bits per heavy atom. The third kappa shape index (κ3) is 3.87. The van der Waals surface area contributed by atoms with E-state index in [1.165, 1.54) is 12.8 Å². The van der Waals surface area contributed by atoms with Gasteiger partial charge in [0.2, 0.25) is 5.91 Å². The summed E-state index contributed by atoms with van der Waals surface area (Å²) in [6.45, 7) is 0.442. The molecule has 0 radical (unpaired) electrons. The second kappa shape index (κ2) is 5.66. The molecule has 1 heterocycles. The first-order valence-electron chi connectivity index (χ1n) is 6.09. The van der Waals surface area contributed by atoms with Crippen molar-refractivity contribution >= 4 is 11.9 Å². The number of carboxylic acids is 1. The maximum Gasteiger partial charge on any atom is 0.303 e. The number of carbonyl (C=O) groups excluding carboxylic acids is 1. The number of aliphatic carboxylic acids is 1. The van der Waals surface area contributed by atoms with Gasteiger partial charge < -0.3 is 14.9 Å². The minimum atomic E-state index is -0.963. The topological polar surface area (TPSA) is 92.4 Å². The molecule has 98 valence electrons. The van der Waals surface area contributed by atoms with E-state index in [0.717, 1.165) is 11.5 Å². The first-order valence-corrected chi connectivity index (χ1v) is 6.09. The molecule has 1 saturated carbocycles. The van der Waals surface area contributed by atoms with Crippen molar-refractivity contribution in [1.29, 1.82) is 0 Å². The van der Waals surface area contributed by atoms with Gasteiger partial charge in [0.15, 0.2) is 0 Å². The van der Waals surface area contributed by atoms with Gasteiger partial charge in [-0.15, -0.1) is 0 Å². The van der Waals surface area contributed by atoms with Gasteiger partial charge in [0.05, 0.1) is 12.1 Å². The standard InChI is InChI=1S/C12H16N2O4/c15-11(3-4-12(16)17)13-6-5-9-7-10(14-18-9)8-1-2-8/h7-8H,1-6H2,(H,13,15)(H,16,17). The van der Waals surface area contributed by atoms with Gasteiger partial charge in [-0.3, -0.25) is 9.59 Å². The quantitative estimate of drug-likeness (QED) is 0.757. The van der Waals surface area contributed by atoms with Gasteiger partial charge >= 0.3 is 5.97 Å². The van der Waals surface area contributed by atoms with Crippen molar-refractivity contribution in [3.05, 3.63) is 17.5 Å². The molecule has 1 amide bonds. The van der Waals surface area contributed by atoms with Crippen LogP contribution in [-0.4, -0.2) is 28.7 Å². The van der Waals surface area contributed by atoms with E-state index in [-0.39, 0.29) is 18.7 Å². The molecule has 1 aliphatic carbocycles. The maximum atomic E-state index is 11.2. The van der Waals surface area contributed by atoms with Crippen LogP contribution in [0.15, 0.2) is 10.6 Å². The molecule has 0 bridgehead atoms. The molecule has 0 unspecified atom stereocenters. The molecule has 2 N–H and O–H groups in total. The van der Waals surface area contributed by atoms with Crippen LogP contribution in [-0.2, 0) is 16.0 Å². The van der Waals surface area contributed by atoms with Gasteiger partial charge in [-0.25, -0.2) is 0 Å². The van der Waals surface area contributed by atoms with Crippen LogP contribution in [0.2, 0.25) is 0 Å². The fraction of sp³-hybridized carbons (Fsp3) is 0.583. The lowest BCUT2D eigenvalue weighted by atomic mass is 10.2. The lowest BCUT2D eigenvalue weighted by Crippen LogP contribution is -2.25. The van der Waals surface area contributed by atoms with Crippen molar-refractivity contribution in [2.75, 3.05) is 6.54 Å². The third-order valence-electron chi connectivity index (χ3n) is 2.83. The summed E-state index contributed by atoms with van der Waals surface area (Å²) in [4.78, 5) is 21.5.